The van der Waals surface area contributed by atoms with Crippen molar-refractivity contribution in [3.63, 3.8) is 0 Å². The molecule has 6 heteroatoms. The number of hydrogen-bond acceptors (Lipinski definition) is 5. The van der Waals surface area contributed by atoms with E-state index in [4.69, 9.17) is 0 Å². The molecule has 1 amide bonds. The first-order chi connectivity index (χ1) is 11.5. The zero-order valence-electron chi connectivity index (χ0n) is 13.5. The van der Waals surface area contributed by atoms with Gasteiger partial charge in [0.25, 0.3) is 0 Å². The van der Waals surface area contributed by atoms with Crippen molar-refractivity contribution >= 4 is 29.0 Å². The van der Waals surface area contributed by atoms with Crippen LogP contribution in [0, 0.1) is 0 Å². The van der Waals surface area contributed by atoms with E-state index in [9.17, 15) is 14.4 Å². The van der Waals surface area contributed by atoms with E-state index in [0.29, 0.717) is 22.5 Å². The van der Waals surface area contributed by atoms with E-state index in [0.717, 1.165) is 0 Å². The maximum Gasteiger partial charge on any atom is 0.337 e. The fourth-order valence-electron chi connectivity index (χ4n) is 2.08. The summed E-state index contributed by atoms with van der Waals surface area (Å²) in [5.74, 6) is -0.771. The number of carbonyl (C=O) groups excluding carboxylic acids is 3. The lowest BCUT2D eigenvalue weighted by Crippen LogP contribution is -2.22. The number of benzene rings is 2. The molecule has 0 spiro atoms. The van der Waals surface area contributed by atoms with E-state index in [1.807, 2.05) is 0 Å². The second kappa shape index (κ2) is 7.92. The molecule has 0 unspecified atom stereocenters. The summed E-state index contributed by atoms with van der Waals surface area (Å²) >= 11 is 0. The molecule has 0 fully saturated rings. The SMILES string of the molecule is COC(=O)c1cccc(NCC(=O)Nc2cccc(C(C)=O)c2)c1. The predicted molar refractivity (Wildman–Crippen MR) is 91.3 cm³/mol. The molecular formula is C18H18N2O4. The summed E-state index contributed by atoms with van der Waals surface area (Å²) in [5.41, 5.74) is 2.12. The minimum Gasteiger partial charge on any atom is -0.465 e. The number of anilines is 2. The van der Waals surface area contributed by atoms with Gasteiger partial charge in [-0.25, -0.2) is 4.79 Å². The van der Waals surface area contributed by atoms with Crippen LogP contribution in [-0.2, 0) is 9.53 Å². The van der Waals surface area contributed by atoms with E-state index in [1.165, 1.54) is 14.0 Å². The van der Waals surface area contributed by atoms with E-state index < -0.39 is 5.97 Å². The lowest BCUT2D eigenvalue weighted by Gasteiger charge is -2.09. The molecule has 124 valence electrons. The summed E-state index contributed by atoms with van der Waals surface area (Å²) in [6, 6.07) is 13.4. The lowest BCUT2D eigenvalue weighted by molar-refractivity contribution is -0.114. The van der Waals surface area contributed by atoms with E-state index >= 15 is 0 Å². The standard InChI is InChI=1S/C18H18N2O4/c1-12(21)13-5-3-8-16(9-13)20-17(22)11-19-15-7-4-6-14(10-15)18(23)24-2/h3-10,19H,11H2,1-2H3,(H,20,22). The van der Waals surface area contributed by atoms with Crippen molar-refractivity contribution < 1.29 is 19.1 Å². The van der Waals surface area contributed by atoms with Crippen molar-refractivity contribution in [3.8, 4) is 0 Å². The highest BCUT2D eigenvalue weighted by Crippen LogP contribution is 2.13. The van der Waals surface area contributed by atoms with Crippen LogP contribution in [0.5, 0.6) is 0 Å². The maximum absolute atomic E-state index is 12.0. The molecule has 0 heterocycles. The van der Waals surface area contributed by atoms with E-state index in [2.05, 4.69) is 15.4 Å². The normalized spacial score (nSPS) is 9.92. The Morgan fingerprint density at radius 1 is 0.958 bits per heavy atom. The number of nitrogens with one attached hydrogen (secondary N) is 2. The molecule has 2 rings (SSSR count). The molecule has 0 saturated carbocycles. The second-order valence-electron chi connectivity index (χ2n) is 5.11. The minimum atomic E-state index is -0.441. The molecule has 0 aromatic heterocycles. The summed E-state index contributed by atoms with van der Waals surface area (Å²) in [4.78, 5) is 34.8. The van der Waals surface area contributed by atoms with Crippen molar-refractivity contribution in [1.82, 2.24) is 0 Å². The van der Waals surface area contributed by atoms with Gasteiger partial charge in [0.15, 0.2) is 5.78 Å². The highest BCUT2D eigenvalue weighted by atomic mass is 16.5. The summed E-state index contributed by atoms with van der Waals surface area (Å²) in [6.45, 7) is 1.49. The Balaban J connectivity index is 1.95. The van der Waals surface area contributed by atoms with Gasteiger partial charge in [-0.05, 0) is 37.3 Å². The van der Waals surface area contributed by atoms with Crippen LogP contribution in [0.1, 0.15) is 27.6 Å². The molecule has 0 aliphatic carbocycles. The zero-order valence-corrected chi connectivity index (χ0v) is 13.5. The van der Waals surface area contributed by atoms with Gasteiger partial charge in [0.05, 0.1) is 19.2 Å². The third-order valence-corrected chi connectivity index (χ3v) is 3.29. The summed E-state index contributed by atoms with van der Waals surface area (Å²) < 4.78 is 4.65. The molecule has 2 aromatic carbocycles. The molecule has 2 aromatic rings. The third-order valence-electron chi connectivity index (χ3n) is 3.29. The van der Waals surface area contributed by atoms with Gasteiger partial charge in [-0.1, -0.05) is 18.2 Å². The average molecular weight is 326 g/mol. The monoisotopic (exact) mass is 326 g/mol. The largest absolute Gasteiger partial charge is 0.465 e. The van der Waals surface area contributed by atoms with Gasteiger partial charge in [0.1, 0.15) is 0 Å². The Kier molecular flexibility index (Phi) is 5.68. The molecule has 0 bridgehead atoms. The first kappa shape index (κ1) is 17.2. The molecule has 0 atom stereocenters. The number of hydrogen-bond donors (Lipinski definition) is 2. The Hall–Kier alpha value is -3.15. The molecule has 2 N–H and O–H groups in total. The highest BCUT2D eigenvalue weighted by Gasteiger charge is 2.07. The molecule has 6 nitrogen and oxygen atoms in total. The van der Waals surface area contributed by atoms with Gasteiger partial charge in [-0.2, -0.15) is 0 Å². The Morgan fingerprint density at radius 3 is 2.25 bits per heavy atom. The first-order valence-corrected chi connectivity index (χ1v) is 7.32. The summed E-state index contributed by atoms with van der Waals surface area (Å²) in [7, 11) is 1.31. The number of rotatable bonds is 6. The molecule has 0 aliphatic rings. The second-order valence-corrected chi connectivity index (χ2v) is 5.11. The van der Waals surface area contributed by atoms with Crippen LogP contribution in [-0.4, -0.2) is 31.3 Å². The minimum absolute atomic E-state index is 0.0227. The first-order valence-electron chi connectivity index (χ1n) is 7.32. The van der Waals surface area contributed by atoms with Crippen molar-refractivity contribution in [3.05, 3.63) is 59.7 Å². The van der Waals surface area contributed by atoms with Crippen LogP contribution in [0.4, 0.5) is 11.4 Å². The number of amides is 1. The van der Waals surface area contributed by atoms with E-state index in [1.54, 1.807) is 48.5 Å². The highest BCUT2D eigenvalue weighted by molar-refractivity contribution is 5.98. The van der Waals surface area contributed by atoms with Crippen LogP contribution >= 0.6 is 0 Å². The van der Waals surface area contributed by atoms with Crippen molar-refractivity contribution in [2.45, 2.75) is 6.92 Å². The fraction of sp³-hybridized carbons (Fsp3) is 0.167. The van der Waals surface area contributed by atoms with Crippen LogP contribution in [0.2, 0.25) is 0 Å². The van der Waals surface area contributed by atoms with Gasteiger partial charge in [0, 0.05) is 16.9 Å². The number of ketones is 1. The van der Waals surface area contributed by atoms with Crippen LogP contribution in [0.3, 0.4) is 0 Å². The average Bonchev–Trinajstić information content (AvgIpc) is 2.59. The maximum atomic E-state index is 12.0. The smallest absolute Gasteiger partial charge is 0.337 e. The summed E-state index contributed by atoms with van der Waals surface area (Å²) in [5, 5.41) is 5.65. The van der Waals surface area contributed by atoms with Gasteiger partial charge >= 0.3 is 5.97 Å². The molecule has 0 saturated heterocycles. The Labute approximate surface area is 139 Å². The van der Waals surface area contributed by atoms with Gasteiger partial charge in [-0.15, -0.1) is 0 Å². The van der Waals surface area contributed by atoms with Gasteiger partial charge < -0.3 is 15.4 Å². The van der Waals surface area contributed by atoms with Crippen LogP contribution in [0.25, 0.3) is 0 Å². The number of Topliss-reactive ketones (excluding diaryl/α,β-unsaturated/α-hetero) is 1. The number of carbonyl (C=O) groups is 3. The molecule has 0 aliphatic heterocycles. The Bertz CT molecular complexity index is 771. The third kappa shape index (κ3) is 4.67. The lowest BCUT2D eigenvalue weighted by atomic mass is 10.1. The molecular weight excluding hydrogens is 308 g/mol. The van der Waals surface area contributed by atoms with Crippen molar-refractivity contribution in [1.29, 1.82) is 0 Å². The van der Waals surface area contributed by atoms with Crippen molar-refractivity contribution in [2.75, 3.05) is 24.3 Å². The Morgan fingerprint density at radius 2 is 1.58 bits per heavy atom. The molecule has 0 radical (unpaired) electrons. The quantitative estimate of drug-likeness (QED) is 0.630. The van der Waals surface area contributed by atoms with Gasteiger partial charge in [-0.3, -0.25) is 9.59 Å². The van der Waals surface area contributed by atoms with E-state index in [-0.39, 0.29) is 18.2 Å². The zero-order chi connectivity index (χ0) is 17.5. The fourth-order valence-corrected chi connectivity index (χ4v) is 2.08. The number of methoxy groups -OCH3 is 1. The van der Waals surface area contributed by atoms with Crippen molar-refractivity contribution in [2.24, 2.45) is 0 Å². The molecule has 24 heavy (non-hydrogen) atoms. The van der Waals surface area contributed by atoms with Crippen LogP contribution in [0.15, 0.2) is 48.5 Å². The van der Waals surface area contributed by atoms with Gasteiger partial charge in [0.2, 0.25) is 5.91 Å². The predicted octanol–water partition coefficient (Wildman–Crippen LogP) is 2.73. The number of ether oxygens (including phenoxy) is 1. The number of esters is 1. The van der Waals surface area contributed by atoms with Crippen LogP contribution < -0.4 is 10.6 Å². The summed E-state index contributed by atoms with van der Waals surface area (Å²) in [6.07, 6.45) is 0. The topological polar surface area (TPSA) is 84.5 Å².